The number of hydrogen-bond donors (Lipinski definition) is 1. The molecule has 0 aliphatic heterocycles. The largest absolute Gasteiger partial charge is 0.363 e. The van der Waals surface area contributed by atoms with Crippen molar-refractivity contribution in [2.45, 2.75) is 31.2 Å². The van der Waals surface area contributed by atoms with Gasteiger partial charge in [-0.3, -0.25) is 4.79 Å². The van der Waals surface area contributed by atoms with Gasteiger partial charge in [0.15, 0.2) is 5.82 Å². The second-order valence-electron chi connectivity index (χ2n) is 5.10. The molecule has 1 amide bonds. The van der Waals surface area contributed by atoms with Crippen molar-refractivity contribution in [2.75, 3.05) is 20.6 Å². The van der Waals surface area contributed by atoms with Crippen molar-refractivity contribution in [3.8, 4) is 0 Å². The molecule has 0 saturated heterocycles. The van der Waals surface area contributed by atoms with Crippen LogP contribution in [0, 0.1) is 6.20 Å². The number of carbonyl (C=O) groups excluding carboxylic acids is 1. The van der Waals surface area contributed by atoms with Gasteiger partial charge in [-0.1, -0.05) is 12.8 Å². The second kappa shape index (κ2) is 4.49. The first-order valence-electron chi connectivity index (χ1n) is 5.96. The zero-order valence-electron chi connectivity index (χ0n) is 10.4. The van der Waals surface area contributed by atoms with E-state index in [-0.39, 0.29) is 5.54 Å². The predicted octanol–water partition coefficient (Wildman–Crippen LogP) is 0.613. The molecule has 0 aromatic carbocycles. The first kappa shape index (κ1) is 12.1. The first-order valence-corrected chi connectivity index (χ1v) is 5.96. The first-order chi connectivity index (χ1) is 8.05. The molecule has 0 bridgehead atoms. The average Bonchev–Trinajstić information content (AvgIpc) is 2.83. The zero-order chi connectivity index (χ0) is 12.5. The van der Waals surface area contributed by atoms with E-state index in [1.807, 2.05) is 18.7 Å². The molecule has 93 valence electrons. The molecule has 1 aliphatic carbocycles. The third-order valence-electron chi connectivity index (χ3n) is 3.46. The van der Waals surface area contributed by atoms with Gasteiger partial charge in [0.1, 0.15) is 6.20 Å². The molecule has 1 radical (unpaired) electrons. The summed E-state index contributed by atoms with van der Waals surface area (Å²) in [5.74, 6) is -0.148. The fourth-order valence-corrected chi connectivity index (χ4v) is 2.90. The number of hydrogen-bond acceptors (Lipinski definition) is 3. The molecule has 1 fully saturated rings. The Kier molecular flexibility index (Phi) is 3.19. The molecular weight excluding hydrogens is 216 g/mol. The van der Waals surface area contributed by atoms with Crippen LogP contribution in [0.2, 0.25) is 0 Å². The van der Waals surface area contributed by atoms with E-state index >= 15 is 0 Å². The summed E-state index contributed by atoms with van der Waals surface area (Å²) in [6.45, 7) is 0.900. The number of nitrogens with two attached hydrogens (primary N) is 1. The minimum atomic E-state index is -0.476. The molecule has 2 N–H and O–H groups in total. The van der Waals surface area contributed by atoms with Crippen molar-refractivity contribution in [3.63, 3.8) is 0 Å². The van der Waals surface area contributed by atoms with E-state index in [1.165, 1.54) is 12.8 Å². The smallest absolute Gasteiger partial charge is 0.284 e. The maximum atomic E-state index is 11.4. The van der Waals surface area contributed by atoms with Gasteiger partial charge in [-0.25, -0.2) is 4.98 Å². The molecule has 1 saturated carbocycles. The van der Waals surface area contributed by atoms with Crippen LogP contribution < -0.4 is 5.73 Å². The standard InChI is InChI=1S/C12H19N4O/c1-15(2)9-12(5-3-4-6-12)16-8-7-14-11(16)10(13)17/h8H,3-6,9H2,1-2H3,(H2,13,17). The van der Waals surface area contributed by atoms with E-state index in [4.69, 9.17) is 5.73 Å². The lowest BCUT2D eigenvalue weighted by Gasteiger charge is -2.34. The molecule has 1 aliphatic rings. The molecule has 1 aromatic rings. The number of aromatic nitrogens is 2. The van der Waals surface area contributed by atoms with Crippen LogP contribution in [0.3, 0.4) is 0 Å². The third kappa shape index (κ3) is 2.20. The Bertz CT molecular complexity index is 404. The molecule has 5 heteroatoms. The van der Waals surface area contributed by atoms with Crippen LogP contribution in [0.5, 0.6) is 0 Å². The van der Waals surface area contributed by atoms with E-state index < -0.39 is 5.91 Å². The van der Waals surface area contributed by atoms with Crippen molar-refractivity contribution < 1.29 is 4.79 Å². The van der Waals surface area contributed by atoms with E-state index in [9.17, 15) is 4.79 Å². The van der Waals surface area contributed by atoms with Crippen molar-refractivity contribution in [3.05, 3.63) is 18.2 Å². The summed E-state index contributed by atoms with van der Waals surface area (Å²) in [5, 5.41) is 0. The van der Waals surface area contributed by atoms with E-state index in [0.29, 0.717) is 5.82 Å². The van der Waals surface area contributed by atoms with Crippen LogP contribution >= 0.6 is 0 Å². The number of imidazole rings is 1. The van der Waals surface area contributed by atoms with E-state index in [1.54, 1.807) is 6.20 Å². The highest BCUT2D eigenvalue weighted by Crippen LogP contribution is 2.37. The quantitative estimate of drug-likeness (QED) is 0.831. The molecular formula is C12H19N4O. The molecule has 1 heterocycles. The number of nitrogens with zero attached hydrogens (tertiary/aromatic N) is 3. The van der Waals surface area contributed by atoms with Crippen LogP contribution in [0.1, 0.15) is 36.3 Å². The molecule has 2 rings (SSSR count). The number of likely N-dealkylation sites (N-methyl/N-ethyl adjacent to an activating group) is 1. The van der Waals surface area contributed by atoms with Crippen LogP contribution in [0.4, 0.5) is 0 Å². The van der Waals surface area contributed by atoms with E-state index in [2.05, 4.69) is 16.1 Å². The van der Waals surface area contributed by atoms with Gasteiger partial charge in [-0.15, -0.1) is 0 Å². The molecule has 0 spiro atoms. The lowest BCUT2D eigenvalue weighted by atomic mass is 9.96. The van der Waals surface area contributed by atoms with Crippen molar-refractivity contribution in [2.24, 2.45) is 5.73 Å². The zero-order valence-corrected chi connectivity index (χ0v) is 10.4. The monoisotopic (exact) mass is 235 g/mol. The Labute approximate surface area is 102 Å². The van der Waals surface area contributed by atoms with E-state index in [0.717, 1.165) is 19.4 Å². The Morgan fingerprint density at radius 2 is 2.24 bits per heavy atom. The topological polar surface area (TPSA) is 64.2 Å². The van der Waals surface area contributed by atoms with Crippen LogP contribution in [0.25, 0.3) is 0 Å². The van der Waals surface area contributed by atoms with Crippen LogP contribution in [-0.2, 0) is 5.54 Å². The fraction of sp³-hybridized carbons (Fsp3) is 0.667. The lowest BCUT2D eigenvalue weighted by Crippen LogP contribution is -2.42. The normalized spacial score (nSPS) is 18.8. The summed E-state index contributed by atoms with van der Waals surface area (Å²) in [7, 11) is 4.09. The van der Waals surface area contributed by atoms with Crippen LogP contribution in [0.15, 0.2) is 6.20 Å². The van der Waals surface area contributed by atoms with Gasteiger partial charge >= 0.3 is 0 Å². The Morgan fingerprint density at radius 3 is 2.76 bits per heavy atom. The highest BCUT2D eigenvalue weighted by atomic mass is 16.1. The Hall–Kier alpha value is -1.36. The average molecular weight is 235 g/mol. The van der Waals surface area contributed by atoms with Gasteiger partial charge in [0.05, 0.1) is 5.54 Å². The summed E-state index contributed by atoms with van der Waals surface area (Å²) < 4.78 is 1.93. The SMILES string of the molecule is CN(C)CC1(n2c[c]nc2C(N)=O)CCCC1. The highest BCUT2D eigenvalue weighted by molar-refractivity contribution is 5.89. The van der Waals surface area contributed by atoms with Gasteiger partial charge < -0.3 is 15.2 Å². The van der Waals surface area contributed by atoms with Gasteiger partial charge in [-0.05, 0) is 26.9 Å². The second-order valence-corrected chi connectivity index (χ2v) is 5.10. The van der Waals surface area contributed by atoms with Gasteiger partial charge in [-0.2, -0.15) is 0 Å². The predicted molar refractivity (Wildman–Crippen MR) is 64.6 cm³/mol. The summed E-state index contributed by atoms with van der Waals surface area (Å²) >= 11 is 0. The highest BCUT2D eigenvalue weighted by Gasteiger charge is 2.38. The third-order valence-corrected chi connectivity index (χ3v) is 3.46. The lowest BCUT2D eigenvalue weighted by molar-refractivity contribution is 0.0970. The van der Waals surface area contributed by atoms with Gasteiger partial charge in [0.25, 0.3) is 5.91 Å². The molecule has 0 atom stereocenters. The van der Waals surface area contributed by atoms with Crippen molar-refractivity contribution in [1.29, 1.82) is 0 Å². The molecule has 17 heavy (non-hydrogen) atoms. The number of rotatable bonds is 4. The molecule has 1 aromatic heterocycles. The molecule has 0 unspecified atom stereocenters. The maximum Gasteiger partial charge on any atom is 0.284 e. The number of amides is 1. The van der Waals surface area contributed by atoms with Gasteiger partial charge in [0.2, 0.25) is 0 Å². The summed E-state index contributed by atoms with van der Waals surface area (Å²) in [4.78, 5) is 17.5. The minimum Gasteiger partial charge on any atom is -0.363 e. The van der Waals surface area contributed by atoms with Crippen molar-refractivity contribution in [1.82, 2.24) is 14.5 Å². The Balaban J connectivity index is 2.38. The number of primary amides is 1. The summed E-state index contributed by atoms with van der Waals surface area (Å²) in [6, 6.07) is 0. The Morgan fingerprint density at radius 1 is 1.59 bits per heavy atom. The summed E-state index contributed by atoms with van der Waals surface area (Å²) in [5.41, 5.74) is 5.32. The van der Waals surface area contributed by atoms with Crippen LogP contribution in [-0.4, -0.2) is 41.0 Å². The maximum absolute atomic E-state index is 11.4. The van der Waals surface area contributed by atoms with Crippen molar-refractivity contribution >= 4 is 5.91 Å². The minimum absolute atomic E-state index is 0.0408. The number of carbonyl (C=O) groups is 1. The fourth-order valence-electron chi connectivity index (χ4n) is 2.90. The van der Waals surface area contributed by atoms with Gasteiger partial charge in [0, 0.05) is 12.7 Å². The summed E-state index contributed by atoms with van der Waals surface area (Å²) in [6.07, 6.45) is 9.01. The molecule has 5 nitrogen and oxygen atoms in total.